The minimum Gasteiger partial charge on any atom is -0.488 e. The van der Waals surface area contributed by atoms with Crippen LogP contribution in [-0.2, 0) is 9.53 Å². The van der Waals surface area contributed by atoms with Gasteiger partial charge in [0, 0.05) is 38.0 Å². The third-order valence-corrected chi connectivity index (χ3v) is 2.94. The van der Waals surface area contributed by atoms with E-state index in [1.165, 1.54) is 12.3 Å². The number of H-pyrrole nitrogens is 1. The van der Waals surface area contributed by atoms with Gasteiger partial charge in [-0.15, -0.1) is 0 Å². The second-order valence-corrected chi connectivity index (χ2v) is 4.32. The zero-order chi connectivity index (χ0) is 13.5. The first-order valence-electron chi connectivity index (χ1n) is 6.43. The van der Waals surface area contributed by atoms with E-state index in [-0.39, 0.29) is 11.3 Å². The number of hydrogen-bond acceptors (Lipinski definition) is 4. The van der Waals surface area contributed by atoms with Gasteiger partial charge in [0.05, 0.1) is 19.8 Å². The molecule has 0 saturated carbocycles. The molecule has 1 fully saturated rings. The number of morpholine rings is 1. The van der Waals surface area contributed by atoms with Crippen molar-refractivity contribution in [3.8, 4) is 5.75 Å². The van der Waals surface area contributed by atoms with Crippen molar-refractivity contribution in [3.63, 3.8) is 0 Å². The molecule has 6 nitrogen and oxygen atoms in total. The molecule has 0 atom stereocenters. The van der Waals surface area contributed by atoms with E-state index in [0.29, 0.717) is 51.5 Å². The number of carbonyl (C=O) groups excluding carboxylic acids is 1. The van der Waals surface area contributed by atoms with E-state index in [9.17, 15) is 9.59 Å². The maximum absolute atomic E-state index is 11.8. The molecule has 1 aromatic heterocycles. The number of aromatic amines is 1. The van der Waals surface area contributed by atoms with Gasteiger partial charge in [0.15, 0.2) is 5.75 Å². The SMILES string of the molecule is O=C(CCCOc1c[nH]ccc1=O)N1CCOCC1. The third kappa shape index (κ3) is 4.10. The van der Waals surface area contributed by atoms with Crippen LogP contribution in [0.3, 0.4) is 0 Å². The van der Waals surface area contributed by atoms with E-state index in [1.54, 1.807) is 11.1 Å². The first-order valence-corrected chi connectivity index (χ1v) is 6.43. The summed E-state index contributed by atoms with van der Waals surface area (Å²) in [6, 6.07) is 1.41. The lowest BCUT2D eigenvalue weighted by Crippen LogP contribution is -2.40. The topological polar surface area (TPSA) is 71.6 Å². The molecule has 19 heavy (non-hydrogen) atoms. The molecule has 2 rings (SSSR count). The van der Waals surface area contributed by atoms with Gasteiger partial charge in [0.2, 0.25) is 11.3 Å². The van der Waals surface area contributed by atoms with Crippen molar-refractivity contribution in [2.75, 3.05) is 32.9 Å². The van der Waals surface area contributed by atoms with Gasteiger partial charge < -0.3 is 19.4 Å². The van der Waals surface area contributed by atoms with Crippen LogP contribution in [0, 0.1) is 0 Å². The van der Waals surface area contributed by atoms with E-state index < -0.39 is 0 Å². The third-order valence-electron chi connectivity index (χ3n) is 2.94. The largest absolute Gasteiger partial charge is 0.488 e. The van der Waals surface area contributed by atoms with Gasteiger partial charge in [-0.3, -0.25) is 9.59 Å². The molecule has 2 heterocycles. The first kappa shape index (κ1) is 13.6. The van der Waals surface area contributed by atoms with Crippen molar-refractivity contribution >= 4 is 5.91 Å². The first-order chi connectivity index (χ1) is 9.27. The average molecular weight is 266 g/mol. The van der Waals surface area contributed by atoms with E-state index in [4.69, 9.17) is 9.47 Å². The number of rotatable bonds is 5. The Kier molecular flexibility index (Phi) is 4.97. The van der Waals surface area contributed by atoms with Gasteiger partial charge in [0.25, 0.3) is 0 Å². The van der Waals surface area contributed by atoms with Crippen LogP contribution in [0.15, 0.2) is 23.3 Å². The molecule has 0 radical (unpaired) electrons. The fraction of sp³-hybridized carbons (Fsp3) is 0.538. The van der Waals surface area contributed by atoms with Crippen LogP contribution < -0.4 is 10.2 Å². The summed E-state index contributed by atoms with van der Waals surface area (Å²) in [4.78, 5) is 27.8. The number of carbonyl (C=O) groups is 1. The Balaban J connectivity index is 1.68. The Hall–Kier alpha value is -1.82. The lowest BCUT2D eigenvalue weighted by atomic mass is 10.2. The van der Waals surface area contributed by atoms with Gasteiger partial charge >= 0.3 is 0 Å². The zero-order valence-corrected chi connectivity index (χ0v) is 10.8. The van der Waals surface area contributed by atoms with E-state index in [2.05, 4.69) is 4.98 Å². The van der Waals surface area contributed by atoms with Crippen molar-refractivity contribution < 1.29 is 14.3 Å². The number of nitrogens with one attached hydrogen (secondary N) is 1. The molecule has 1 amide bonds. The highest BCUT2D eigenvalue weighted by Crippen LogP contribution is 2.04. The van der Waals surface area contributed by atoms with Gasteiger partial charge in [-0.25, -0.2) is 0 Å². The minimum atomic E-state index is -0.154. The van der Waals surface area contributed by atoms with Gasteiger partial charge in [-0.2, -0.15) is 0 Å². The Bertz CT molecular complexity index is 466. The Labute approximate surface area is 111 Å². The minimum absolute atomic E-state index is 0.119. The van der Waals surface area contributed by atoms with Gasteiger partial charge in [0.1, 0.15) is 0 Å². The second-order valence-electron chi connectivity index (χ2n) is 4.32. The molecule has 0 unspecified atom stereocenters. The van der Waals surface area contributed by atoms with Crippen molar-refractivity contribution in [1.29, 1.82) is 0 Å². The molecule has 0 spiro atoms. The lowest BCUT2D eigenvalue weighted by molar-refractivity contribution is -0.135. The monoisotopic (exact) mass is 266 g/mol. The molecule has 6 heteroatoms. The number of amides is 1. The molecule has 0 aliphatic carbocycles. The quantitative estimate of drug-likeness (QED) is 0.783. The summed E-state index contributed by atoms with van der Waals surface area (Å²) < 4.78 is 10.5. The fourth-order valence-electron chi connectivity index (χ4n) is 1.89. The second kappa shape index (κ2) is 6.94. The van der Waals surface area contributed by atoms with Gasteiger partial charge in [-0.1, -0.05) is 0 Å². The highest BCUT2D eigenvalue weighted by molar-refractivity contribution is 5.76. The van der Waals surface area contributed by atoms with Crippen LogP contribution in [0.4, 0.5) is 0 Å². The smallest absolute Gasteiger partial charge is 0.223 e. The van der Waals surface area contributed by atoms with E-state index in [0.717, 1.165) is 0 Å². The number of ether oxygens (including phenoxy) is 2. The van der Waals surface area contributed by atoms with Crippen LogP contribution >= 0.6 is 0 Å². The Morgan fingerprint density at radius 1 is 1.42 bits per heavy atom. The standard InChI is InChI=1S/C13H18N2O4/c16-11-3-4-14-10-12(11)19-7-1-2-13(17)15-5-8-18-9-6-15/h3-4,10H,1-2,5-9H2,(H,14,16). The van der Waals surface area contributed by atoms with E-state index in [1.807, 2.05) is 0 Å². The number of aromatic nitrogens is 1. The maximum atomic E-state index is 11.8. The molecule has 1 aromatic rings. The average Bonchev–Trinajstić information content (AvgIpc) is 2.46. The molecule has 1 aliphatic heterocycles. The summed E-state index contributed by atoms with van der Waals surface area (Å²) in [6.45, 7) is 2.92. The molecule has 0 aromatic carbocycles. The molecule has 1 aliphatic rings. The molecule has 104 valence electrons. The normalized spacial score (nSPS) is 15.3. The molecule has 0 bridgehead atoms. The predicted molar refractivity (Wildman–Crippen MR) is 69.2 cm³/mol. The predicted octanol–water partition coefficient (Wildman–Crippen LogP) is 0.393. The highest BCUT2D eigenvalue weighted by Gasteiger charge is 2.16. The summed E-state index contributed by atoms with van der Waals surface area (Å²) in [5.41, 5.74) is -0.154. The van der Waals surface area contributed by atoms with Crippen LogP contribution in [0.5, 0.6) is 5.75 Å². The van der Waals surface area contributed by atoms with Crippen molar-refractivity contribution in [1.82, 2.24) is 9.88 Å². The molecular weight excluding hydrogens is 248 g/mol. The molecule has 1 saturated heterocycles. The number of hydrogen-bond donors (Lipinski definition) is 1. The maximum Gasteiger partial charge on any atom is 0.223 e. The summed E-state index contributed by atoms with van der Waals surface area (Å²) in [7, 11) is 0. The summed E-state index contributed by atoms with van der Waals surface area (Å²) >= 11 is 0. The van der Waals surface area contributed by atoms with Crippen LogP contribution in [-0.4, -0.2) is 48.7 Å². The Morgan fingerprint density at radius 3 is 2.95 bits per heavy atom. The highest BCUT2D eigenvalue weighted by atomic mass is 16.5. The lowest BCUT2D eigenvalue weighted by Gasteiger charge is -2.26. The summed E-state index contributed by atoms with van der Waals surface area (Å²) in [5, 5.41) is 0. The van der Waals surface area contributed by atoms with Gasteiger partial charge in [-0.05, 0) is 6.42 Å². The number of nitrogens with zero attached hydrogens (tertiary/aromatic N) is 1. The van der Waals surface area contributed by atoms with E-state index >= 15 is 0 Å². The zero-order valence-electron chi connectivity index (χ0n) is 10.8. The fourth-order valence-corrected chi connectivity index (χ4v) is 1.89. The molecular formula is C13H18N2O4. The van der Waals surface area contributed by atoms with Crippen molar-refractivity contribution in [2.24, 2.45) is 0 Å². The van der Waals surface area contributed by atoms with Crippen LogP contribution in [0.1, 0.15) is 12.8 Å². The Morgan fingerprint density at radius 2 is 2.21 bits per heavy atom. The van der Waals surface area contributed by atoms with Crippen molar-refractivity contribution in [3.05, 3.63) is 28.7 Å². The molecule has 1 N–H and O–H groups in total. The number of pyridine rings is 1. The van der Waals surface area contributed by atoms with Crippen LogP contribution in [0.2, 0.25) is 0 Å². The summed E-state index contributed by atoms with van der Waals surface area (Å²) in [5.74, 6) is 0.412. The summed E-state index contributed by atoms with van der Waals surface area (Å²) in [6.07, 6.45) is 4.11. The van der Waals surface area contributed by atoms with Crippen molar-refractivity contribution in [2.45, 2.75) is 12.8 Å². The van der Waals surface area contributed by atoms with Crippen LogP contribution in [0.25, 0.3) is 0 Å².